The minimum atomic E-state index is -1.98. The number of carbonyl (C=O) groups excluding carboxylic acids is 1. The molecule has 0 fully saturated rings. The lowest BCUT2D eigenvalue weighted by Crippen LogP contribution is -2.51. The van der Waals surface area contributed by atoms with Gasteiger partial charge in [-0.15, -0.1) is 0 Å². The zero-order valence-electron chi connectivity index (χ0n) is 8.52. The third-order valence-electron chi connectivity index (χ3n) is 2.66. The SMILES string of the molecule is CC(C)(O)C1(O)C(=O)Oc2ccccc21. The van der Waals surface area contributed by atoms with E-state index < -0.39 is 17.2 Å². The van der Waals surface area contributed by atoms with E-state index in [1.165, 1.54) is 13.8 Å². The maximum Gasteiger partial charge on any atom is 0.351 e. The molecule has 1 aromatic rings. The number of hydrogen-bond acceptors (Lipinski definition) is 4. The summed E-state index contributed by atoms with van der Waals surface area (Å²) < 4.78 is 4.90. The lowest BCUT2D eigenvalue weighted by molar-refractivity contribution is -0.179. The minimum Gasteiger partial charge on any atom is -0.424 e. The van der Waals surface area contributed by atoms with Crippen molar-refractivity contribution >= 4 is 5.97 Å². The second-order valence-corrected chi connectivity index (χ2v) is 4.16. The van der Waals surface area contributed by atoms with Gasteiger partial charge in [-0.3, -0.25) is 0 Å². The number of esters is 1. The Kier molecular flexibility index (Phi) is 1.90. The van der Waals surface area contributed by atoms with E-state index in [1.807, 2.05) is 0 Å². The summed E-state index contributed by atoms with van der Waals surface area (Å²) >= 11 is 0. The molecule has 2 rings (SSSR count). The Morgan fingerprint density at radius 1 is 1.33 bits per heavy atom. The Morgan fingerprint density at radius 2 is 1.93 bits per heavy atom. The summed E-state index contributed by atoms with van der Waals surface area (Å²) in [4.78, 5) is 11.6. The van der Waals surface area contributed by atoms with Gasteiger partial charge in [0.15, 0.2) is 0 Å². The molecule has 0 bridgehead atoms. The van der Waals surface area contributed by atoms with Crippen molar-refractivity contribution in [2.75, 3.05) is 0 Å². The van der Waals surface area contributed by atoms with Gasteiger partial charge in [0, 0.05) is 5.56 Å². The van der Waals surface area contributed by atoms with E-state index in [0.717, 1.165) is 0 Å². The highest BCUT2D eigenvalue weighted by Crippen LogP contribution is 2.44. The Balaban J connectivity index is 2.65. The molecule has 0 spiro atoms. The van der Waals surface area contributed by atoms with Crippen LogP contribution in [0.5, 0.6) is 5.75 Å². The molecular weight excluding hydrogens is 196 g/mol. The molecule has 1 aromatic carbocycles. The predicted octanol–water partition coefficient (Wildman–Crippen LogP) is 0.564. The summed E-state index contributed by atoms with van der Waals surface area (Å²) in [5, 5.41) is 20.1. The fourth-order valence-electron chi connectivity index (χ4n) is 1.72. The smallest absolute Gasteiger partial charge is 0.351 e. The third kappa shape index (κ3) is 1.19. The first-order chi connectivity index (χ1) is 6.87. The molecule has 80 valence electrons. The fraction of sp³-hybridized carbons (Fsp3) is 0.364. The van der Waals surface area contributed by atoms with Crippen LogP contribution in [0, 0.1) is 0 Å². The van der Waals surface area contributed by atoms with E-state index in [-0.39, 0.29) is 0 Å². The zero-order valence-corrected chi connectivity index (χ0v) is 8.52. The average Bonchev–Trinajstić information content (AvgIpc) is 2.40. The molecule has 1 aliphatic rings. The molecule has 15 heavy (non-hydrogen) atoms. The molecule has 0 saturated heterocycles. The first-order valence-electron chi connectivity index (χ1n) is 4.64. The van der Waals surface area contributed by atoms with Gasteiger partial charge in [0.05, 0.1) is 0 Å². The number of para-hydroxylation sites is 1. The van der Waals surface area contributed by atoms with Crippen molar-refractivity contribution in [3.63, 3.8) is 0 Å². The van der Waals surface area contributed by atoms with Crippen molar-refractivity contribution in [3.8, 4) is 5.75 Å². The van der Waals surface area contributed by atoms with Crippen molar-refractivity contribution < 1.29 is 19.7 Å². The topological polar surface area (TPSA) is 66.8 Å². The average molecular weight is 208 g/mol. The highest BCUT2D eigenvalue weighted by atomic mass is 16.6. The Labute approximate surface area is 87.1 Å². The number of fused-ring (bicyclic) bond motifs is 1. The molecule has 4 heteroatoms. The Hall–Kier alpha value is -1.39. The normalized spacial score (nSPS) is 24.9. The molecule has 1 atom stereocenters. The molecule has 0 saturated carbocycles. The Bertz CT molecular complexity index is 419. The monoisotopic (exact) mass is 208 g/mol. The van der Waals surface area contributed by atoms with Gasteiger partial charge in [-0.05, 0) is 19.9 Å². The van der Waals surface area contributed by atoms with Crippen molar-refractivity contribution in [2.24, 2.45) is 0 Å². The lowest BCUT2D eigenvalue weighted by Gasteiger charge is -2.31. The first-order valence-corrected chi connectivity index (χ1v) is 4.64. The zero-order chi connectivity index (χ0) is 11.3. The van der Waals surface area contributed by atoms with Crippen molar-refractivity contribution in [1.29, 1.82) is 0 Å². The molecule has 4 nitrogen and oxygen atoms in total. The molecule has 0 radical (unpaired) electrons. The molecular formula is C11H12O4. The largest absolute Gasteiger partial charge is 0.424 e. The van der Waals surface area contributed by atoms with Crippen LogP contribution in [0.4, 0.5) is 0 Å². The fourth-order valence-corrected chi connectivity index (χ4v) is 1.72. The van der Waals surface area contributed by atoms with E-state index >= 15 is 0 Å². The first kappa shape index (κ1) is 10.1. The molecule has 1 aliphatic heterocycles. The van der Waals surface area contributed by atoms with Gasteiger partial charge < -0.3 is 14.9 Å². The second kappa shape index (κ2) is 2.81. The number of aliphatic hydroxyl groups is 2. The number of rotatable bonds is 1. The van der Waals surface area contributed by atoms with Crippen LogP contribution in [-0.2, 0) is 10.4 Å². The van der Waals surface area contributed by atoms with Gasteiger partial charge in [-0.25, -0.2) is 4.79 Å². The van der Waals surface area contributed by atoms with Crippen LogP contribution in [-0.4, -0.2) is 21.8 Å². The van der Waals surface area contributed by atoms with Crippen LogP contribution >= 0.6 is 0 Å². The van der Waals surface area contributed by atoms with Crippen molar-refractivity contribution in [2.45, 2.75) is 25.0 Å². The van der Waals surface area contributed by atoms with Gasteiger partial charge in [-0.2, -0.15) is 0 Å². The molecule has 2 N–H and O–H groups in total. The molecule has 0 aliphatic carbocycles. The van der Waals surface area contributed by atoms with Crippen LogP contribution in [0.15, 0.2) is 24.3 Å². The highest BCUT2D eigenvalue weighted by molar-refractivity contribution is 5.90. The minimum absolute atomic E-state index is 0.298. The number of benzene rings is 1. The summed E-state index contributed by atoms with van der Waals surface area (Å²) in [5.74, 6) is -0.539. The maximum atomic E-state index is 11.6. The van der Waals surface area contributed by atoms with Gasteiger partial charge >= 0.3 is 5.97 Å². The van der Waals surface area contributed by atoms with Crippen molar-refractivity contribution in [1.82, 2.24) is 0 Å². The maximum absolute atomic E-state index is 11.6. The second-order valence-electron chi connectivity index (χ2n) is 4.16. The van der Waals surface area contributed by atoms with E-state index in [9.17, 15) is 15.0 Å². The van der Waals surface area contributed by atoms with Gasteiger partial charge in [0.25, 0.3) is 0 Å². The summed E-state index contributed by atoms with van der Waals surface area (Å²) in [6.45, 7) is 2.74. The number of ether oxygens (including phenoxy) is 1. The summed E-state index contributed by atoms with van der Waals surface area (Å²) in [5.41, 5.74) is -3.26. The van der Waals surface area contributed by atoms with E-state index in [2.05, 4.69) is 0 Å². The van der Waals surface area contributed by atoms with E-state index in [1.54, 1.807) is 24.3 Å². The third-order valence-corrected chi connectivity index (χ3v) is 2.66. The molecule has 0 aromatic heterocycles. The quantitative estimate of drug-likeness (QED) is 0.523. The Morgan fingerprint density at radius 3 is 2.53 bits per heavy atom. The van der Waals surface area contributed by atoms with Gasteiger partial charge in [0.2, 0.25) is 5.60 Å². The predicted molar refractivity (Wildman–Crippen MR) is 52.3 cm³/mol. The lowest BCUT2D eigenvalue weighted by atomic mass is 9.81. The van der Waals surface area contributed by atoms with Crippen LogP contribution in [0.2, 0.25) is 0 Å². The van der Waals surface area contributed by atoms with Gasteiger partial charge in [-0.1, -0.05) is 18.2 Å². The van der Waals surface area contributed by atoms with E-state index in [0.29, 0.717) is 11.3 Å². The van der Waals surface area contributed by atoms with Crippen LogP contribution in [0.25, 0.3) is 0 Å². The molecule has 0 amide bonds. The highest BCUT2D eigenvalue weighted by Gasteiger charge is 2.57. The number of hydrogen-bond donors (Lipinski definition) is 2. The summed E-state index contributed by atoms with van der Waals surface area (Å²) in [6, 6.07) is 6.52. The van der Waals surface area contributed by atoms with Crippen LogP contribution < -0.4 is 4.74 Å². The molecule has 1 heterocycles. The molecule has 1 unspecified atom stereocenters. The summed E-state index contributed by atoms with van der Waals surface area (Å²) in [6.07, 6.45) is 0. The van der Waals surface area contributed by atoms with Crippen molar-refractivity contribution in [3.05, 3.63) is 29.8 Å². The van der Waals surface area contributed by atoms with Crippen LogP contribution in [0.3, 0.4) is 0 Å². The van der Waals surface area contributed by atoms with E-state index in [4.69, 9.17) is 4.74 Å². The number of carbonyl (C=O) groups is 1. The standard InChI is InChI=1S/C11H12O4/c1-10(2,13)11(14)7-5-3-4-6-8(7)15-9(11)12/h3-6,13-14H,1-2H3. The summed E-state index contributed by atoms with van der Waals surface area (Å²) in [7, 11) is 0. The van der Waals surface area contributed by atoms with Gasteiger partial charge in [0.1, 0.15) is 11.4 Å². The van der Waals surface area contributed by atoms with Crippen LogP contribution in [0.1, 0.15) is 19.4 Å².